The minimum Gasteiger partial charge on any atom is -0.354 e. The molecule has 2 N–H and O–H groups in total. The quantitative estimate of drug-likeness (QED) is 0.548. The van der Waals surface area contributed by atoms with Gasteiger partial charge in [-0.2, -0.15) is 0 Å². The van der Waals surface area contributed by atoms with E-state index in [4.69, 9.17) is 0 Å². The molecule has 1 aromatic rings. The van der Waals surface area contributed by atoms with Crippen LogP contribution in [0, 0.1) is 17.6 Å². The summed E-state index contributed by atoms with van der Waals surface area (Å²) in [5.41, 5.74) is 0.0413. The maximum absolute atomic E-state index is 14.3. The van der Waals surface area contributed by atoms with E-state index < -0.39 is 17.7 Å². The van der Waals surface area contributed by atoms with Crippen molar-refractivity contribution in [2.75, 3.05) is 40.8 Å². The Bertz CT molecular complexity index is 744. The van der Waals surface area contributed by atoms with Gasteiger partial charge in [0.05, 0.1) is 6.04 Å². The number of nitrogens with one attached hydrogen (secondary N) is 2. The number of hydrogen-bond acceptors (Lipinski definition) is 3. The number of amides is 1. The second-order valence-electron chi connectivity index (χ2n) is 8.46. The van der Waals surface area contributed by atoms with Gasteiger partial charge in [0.25, 0.3) is 0 Å². The number of aliphatic imine (C=N–C) groups is 1. The summed E-state index contributed by atoms with van der Waals surface area (Å²) in [6.45, 7) is 1.71. The molecule has 0 bridgehead atoms. The molecular formula is C22H33F2N5O. The molecule has 2 unspecified atom stereocenters. The number of likely N-dealkylation sites (tertiary alicyclic amines) is 1. The largest absolute Gasteiger partial charge is 0.354 e. The highest BCUT2D eigenvalue weighted by Gasteiger charge is 2.32. The summed E-state index contributed by atoms with van der Waals surface area (Å²) in [5, 5.41) is 6.55. The smallest absolute Gasteiger partial charge is 0.225 e. The van der Waals surface area contributed by atoms with Gasteiger partial charge in [0.1, 0.15) is 11.6 Å². The highest BCUT2D eigenvalue weighted by atomic mass is 19.1. The highest BCUT2D eigenvalue weighted by molar-refractivity contribution is 5.81. The number of guanidine groups is 1. The molecule has 1 aliphatic carbocycles. The van der Waals surface area contributed by atoms with Crippen molar-refractivity contribution in [3.05, 3.63) is 35.4 Å². The van der Waals surface area contributed by atoms with Gasteiger partial charge in [0.2, 0.25) is 5.91 Å². The maximum Gasteiger partial charge on any atom is 0.225 e. The number of halogens is 2. The lowest BCUT2D eigenvalue weighted by atomic mass is 10.0. The van der Waals surface area contributed by atoms with Gasteiger partial charge in [0.15, 0.2) is 5.96 Å². The van der Waals surface area contributed by atoms with Gasteiger partial charge >= 0.3 is 0 Å². The molecule has 1 saturated heterocycles. The second kappa shape index (κ2) is 10.2. The highest BCUT2D eigenvalue weighted by Crippen LogP contribution is 2.28. The van der Waals surface area contributed by atoms with Gasteiger partial charge in [-0.1, -0.05) is 18.9 Å². The van der Waals surface area contributed by atoms with E-state index in [1.807, 2.05) is 4.90 Å². The molecule has 1 aliphatic heterocycles. The Labute approximate surface area is 177 Å². The Morgan fingerprint density at radius 2 is 1.90 bits per heavy atom. The number of carbonyl (C=O) groups excluding carboxylic acids is 1. The van der Waals surface area contributed by atoms with Crippen LogP contribution in [-0.4, -0.2) is 68.5 Å². The first-order valence-corrected chi connectivity index (χ1v) is 10.8. The molecule has 1 aromatic carbocycles. The molecule has 2 aliphatic rings. The van der Waals surface area contributed by atoms with Crippen molar-refractivity contribution >= 4 is 11.9 Å². The molecule has 166 valence electrons. The Morgan fingerprint density at radius 1 is 1.23 bits per heavy atom. The molecule has 3 rings (SSSR count). The average molecular weight is 422 g/mol. The SMILES string of the molecule is CN=C(NCC(c1c(F)cccc1F)N(C)C)NC1CCN(C(=O)C2CCCC2)C1. The first-order valence-electron chi connectivity index (χ1n) is 10.8. The normalized spacial score (nSPS) is 21.3. The summed E-state index contributed by atoms with van der Waals surface area (Å²) in [6.07, 6.45) is 5.18. The summed E-state index contributed by atoms with van der Waals surface area (Å²) < 4.78 is 28.5. The number of carbonyl (C=O) groups is 1. The summed E-state index contributed by atoms with van der Waals surface area (Å²) in [6, 6.07) is 3.54. The van der Waals surface area contributed by atoms with Crippen molar-refractivity contribution < 1.29 is 13.6 Å². The minimum atomic E-state index is -0.560. The Hall–Kier alpha value is -2.22. The van der Waals surface area contributed by atoms with E-state index in [9.17, 15) is 13.6 Å². The summed E-state index contributed by atoms with van der Waals surface area (Å²) in [4.78, 5) is 20.6. The lowest BCUT2D eigenvalue weighted by Gasteiger charge is -2.27. The van der Waals surface area contributed by atoms with Crippen molar-refractivity contribution in [3.8, 4) is 0 Å². The van der Waals surface area contributed by atoms with Gasteiger partial charge in [-0.25, -0.2) is 8.78 Å². The van der Waals surface area contributed by atoms with Crippen molar-refractivity contribution in [2.45, 2.75) is 44.2 Å². The topological polar surface area (TPSA) is 60.0 Å². The van der Waals surface area contributed by atoms with Crippen LogP contribution in [0.3, 0.4) is 0 Å². The van der Waals surface area contributed by atoms with Crippen molar-refractivity contribution in [1.82, 2.24) is 20.4 Å². The molecule has 2 atom stereocenters. The van der Waals surface area contributed by atoms with Crippen LogP contribution in [-0.2, 0) is 4.79 Å². The molecule has 8 heteroatoms. The number of likely N-dealkylation sites (N-methyl/N-ethyl adjacent to an activating group) is 1. The van der Waals surface area contributed by atoms with Crippen LogP contribution in [0.2, 0.25) is 0 Å². The number of nitrogens with zero attached hydrogens (tertiary/aromatic N) is 3. The van der Waals surface area contributed by atoms with E-state index in [0.717, 1.165) is 38.6 Å². The number of benzene rings is 1. The van der Waals surface area contributed by atoms with Crippen molar-refractivity contribution in [1.29, 1.82) is 0 Å². The lowest BCUT2D eigenvalue weighted by molar-refractivity contribution is -0.134. The number of hydrogen-bond donors (Lipinski definition) is 2. The van der Waals surface area contributed by atoms with Gasteiger partial charge in [0, 0.05) is 44.2 Å². The Morgan fingerprint density at radius 3 is 2.50 bits per heavy atom. The van der Waals surface area contributed by atoms with E-state index in [2.05, 4.69) is 15.6 Å². The standard InChI is InChI=1S/C22H33F2N5O/c1-25-22(26-13-19(28(2)3)20-17(23)9-6-10-18(20)24)27-16-11-12-29(14-16)21(30)15-7-4-5-8-15/h6,9-10,15-16,19H,4-5,7-8,11-14H2,1-3H3,(H2,25,26,27). The average Bonchev–Trinajstić information content (AvgIpc) is 3.40. The first kappa shape index (κ1) is 22.5. The van der Waals surface area contributed by atoms with E-state index in [0.29, 0.717) is 19.0 Å². The van der Waals surface area contributed by atoms with Crippen LogP contribution in [0.1, 0.15) is 43.7 Å². The molecular weight excluding hydrogens is 388 g/mol. The zero-order chi connectivity index (χ0) is 21.7. The summed E-state index contributed by atoms with van der Waals surface area (Å²) in [5.74, 6) is -0.0791. The third kappa shape index (κ3) is 5.28. The Kier molecular flexibility index (Phi) is 7.64. The van der Waals surface area contributed by atoms with E-state index in [1.54, 1.807) is 26.0 Å². The summed E-state index contributed by atoms with van der Waals surface area (Å²) >= 11 is 0. The molecule has 6 nitrogen and oxygen atoms in total. The first-order chi connectivity index (χ1) is 14.4. The zero-order valence-electron chi connectivity index (χ0n) is 18.1. The Balaban J connectivity index is 1.56. The third-order valence-electron chi connectivity index (χ3n) is 6.19. The van der Waals surface area contributed by atoms with Crippen LogP contribution in [0.15, 0.2) is 23.2 Å². The van der Waals surface area contributed by atoms with E-state index in [1.165, 1.54) is 18.2 Å². The predicted octanol–water partition coefficient (Wildman–Crippen LogP) is 2.52. The van der Waals surface area contributed by atoms with Crippen LogP contribution in [0.25, 0.3) is 0 Å². The zero-order valence-corrected chi connectivity index (χ0v) is 18.1. The van der Waals surface area contributed by atoms with Crippen molar-refractivity contribution in [2.24, 2.45) is 10.9 Å². The molecule has 0 spiro atoms. The maximum atomic E-state index is 14.3. The van der Waals surface area contributed by atoms with Crippen LogP contribution < -0.4 is 10.6 Å². The molecule has 30 heavy (non-hydrogen) atoms. The van der Waals surface area contributed by atoms with Gasteiger partial charge in [-0.15, -0.1) is 0 Å². The molecule has 0 aromatic heterocycles. The van der Waals surface area contributed by atoms with E-state index in [-0.39, 0.29) is 23.4 Å². The predicted molar refractivity (Wildman–Crippen MR) is 114 cm³/mol. The fourth-order valence-electron chi connectivity index (χ4n) is 4.46. The molecule has 1 saturated carbocycles. The molecule has 1 heterocycles. The van der Waals surface area contributed by atoms with Crippen LogP contribution >= 0.6 is 0 Å². The van der Waals surface area contributed by atoms with Gasteiger partial charge in [-0.05, 0) is 45.5 Å². The third-order valence-corrected chi connectivity index (χ3v) is 6.19. The molecule has 0 radical (unpaired) electrons. The van der Waals surface area contributed by atoms with Crippen LogP contribution in [0.5, 0.6) is 0 Å². The molecule has 2 fully saturated rings. The van der Waals surface area contributed by atoms with E-state index >= 15 is 0 Å². The second-order valence-corrected chi connectivity index (χ2v) is 8.46. The minimum absolute atomic E-state index is 0.0413. The monoisotopic (exact) mass is 421 g/mol. The van der Waals surface area contributed by atoms with Gasteiger partial charge in [-0.3, -0.25) is 9.79 Å². The number of rotatable bonds is 6. The fraction of sp³-hybridized carbons (Fsp3) is 0.636. The van der Waals surface area contributed by atoms with Gasteiger partial charge < -0.3 is 20.4 Å². The van der Waals surface area contributed by atoms with Crippen LogP contribution in [0.4, 0.5) is 8.78 Å². The summed E-state index contributed by atoms with van der Waals surface area (Å²) in [7, 11) is 5.25. The lowest BCUT2D eigenvalue weighted by Crippen LogP contribution is -2.47. The molecule has 1 amide bonds. The fourth-order valence-corrected chi connectivity index (χ4v) is 4.46. The van der Waals surface area contributed by atoms with Crippen molar-refractivity contribution in [3.63, 3.8) is 0 Å².